The highest BCUT2D eigenvalue weighted by molar-refractivity contribution is 5.99. The lowest BCUT2D eigenvalue weighted by molar-refractivity contribution is -0.108. The van der Waals surface area contributed by atoms with Crippen LogP contribution in [0.4, 0.5) is 4.79 Å². The van der Waals surface area contributed by atoms with Crippen LogP contribution >= 0.6 is 0 Å². The molecule has 0 radical (unpaired) electrons. The topological polar surface area (TPSA) is 162 Å². The van der Waals surface area contributed by atoms with Crippen LogP contribution in [0.5, 0.6) is 11.5 Å². The molecule has 1 aromatic carbocycles. The summed E-state index contributed by atoms with van der Waals surface area (Å²) in [7, 11) is 1.53. The molecule has 1 aliphatic rings. The lowest BCUT2D eigenvalue weighted by Gasteiger charge is -2.30. The highest BCUT2D eigenvalue weighted by Crippen LogP contribution is 2.30. The minimum Gasteiger partial charge on any atom is -0.506 e. The highest BCUT2D eigenvalue weighted by atomic mass is 16.5. The van der Waals surface area contributed by atoms with Gasteiger partial charge in [-0.1, -0.05) is 17.9 Å². The maximum absolute atomic E-state index is 13.2. The molecular formula is C29H25N7O5. The lowest BCUT2D eigenvalue weighted by atomic mass is 10.0. The number of imide groups is 1. The second-order valence-corrected chi connectivity index (χ2v) is 9.50. The Balaban J connectivity index is 1.43. The van der Waals surface area contributed by atoms with Crippen molar-refractivity contribution in [2.24, 2.45) is 0 Å². The van der Waals surface area contributed by atoms with Gasteiger partial charge in [-0.2, -0.15) is 5.10 Å². The molecule has 12 heteroatoms. The smallest absolute Gasteiger partial charge is 0.322 e. The Bertz CT molecular complexity index is 1690. The maximum atomic E-state index is 13.2. The average molecular weight is 552 g/mol. The predicted octanol–water partition coefficient (Wildman–Crippen LogP) is 2.47. The van der Waals surface area contributed by atoms with E-state index < -0.39 is 11.6 Å². The van der Waals surface area contributed by atoms with Crippen LogP contribution in [0.1, 0.15) is 28.4 Å². The van der Waals surface area contributed by atoms with E-state index in [4.69, 9.17) is 4.74 Å². The second kappa shape index (κ2) is 11.2. The van der Waals surface area contributed by atoms with Gasteiger partial charge in [0.2, 0.25) is 6.41 Å². The molecule has 206 valence electrons. The van der Waals surface area contributed by atoms with Gasteiger partial charge in [-0.3, -0.25) is 25.0 Å². The zero-order valence-corrected chi connectivity index (χ0v) is 22.1. The van der Waals surface area contributed by atoms with Crippen molar-refractivity contribution >= 4 is 18.3 Å². The first-order valence-corrected chi connectivity index (χ1v) is 12.4. The normalized spacial score (nSPS) is 13.4. The van der Waals surface area contributed by atoms with Crippen molar-refractivity contribution in [2.45, 2.75) is 19.0 Å². The van der Waals surface area contributed by atoms with E-state index in [1.165, 1.54) is 13.2 Å². The van der Waals surface area contributed by atoms with E-state index in [-0.39, 0.29) is 24.6 Å². The minimum atomic E-state index is -1.24. The van der Waals surface area contributed by atoms with Gasteiger partial charge >= 0.3 is 6.03 Å². The van der Waals surface area contributed by atoms with E-state index in [1.807, 2.05) is 6.07 Å². The Labute approximate surface area is 234 Å². The number of pyridine rings is 2. The molecule has 4 amide bonds. The number of rotatable bonds is 7. The van der Waals surface area contributed by atoms with Gasteiger partial charge in [0, 0.05) is 47.4 Å². The number of aromatic amines is 1. The van der Waals surface area contributed by atoms with Gasteiger partial charge in [-0.15, -0.1) is 0 Å². The molecule has 0 unspecified atom stereocenters. The van der Waals surface area contributed by atoms with Crippen LogP contribution in [0, 0.1) is 11.8 Å². The van der Waals surface area contributed by atoms with Crippen molar-refractivity contribution in [1.82, 2.24) is 35.7 Å². The zero-order valence-electron chi connectivity index (χ0n) is 22.1. The quantitative estimate of drug-likeness (QED) is 0.201. The third kappa shape index (κ3) is 5.84. The molecule has 12 nitrogen and oxygen atoms in total. The number of hydrogen-bond donors (Lipinski definition) is 4. The summed E-state index contributed by atoms with van der Waals surface area (Å²) < 4.78 is 5.25. The molecule has 0 bridgehead atoms. The third-order valence-electron chi connectivity index (χ3n) is 6.44. The fraction of sp³-hybridized carbons (Fsp3) is 0.172. The number of fused-ring (bicyclic) bond motifs is 1. The van der Waals surface area contributed by atoms with Crippen molar-refractivity contribution in [3.63, 3.8) is 0 Å². The van der Waals surface area contributed by atoms with Crippen LogP contribution < -0.4 is 15.4 Å². The van der Waals surface area contributed by atoms with Crippen molar-refractivity contribution in [3.05, 3.63) is 77.9 Å². The van der Waals surface area contributed by atoms with Crippen molar-refractivity contribution in [3.8, 4) is 45.9 Å². The Morgan fingerprint density at radius 1 is 1.22 bits per heavy atom. The van der Waals surface area contributed by atoms with Crippen molar-refractivity contribution in [1.29, 1.82) is 0 Å². The van der Waals surface area contributed by atoms with E-state index in [9.17, 15) is 19.5 Å². The number of carbonyl (C=O) groups is 3. The molecule has 1 atom stereocenters. The number of amides is 4. The first kappa shape index (κ1) is 26.9. The number of aromatic nitrogens is 4. The van der Waals surface area contributed by atoms with E-state index in [0.29, 0.717) is 45.9 Å². The summed E-state index contributed by atoms with van der Waals surface area (Å²) in [5.41, 5.74) is 2.82. The minimum absolute atomic E-state index is 0.00607. The summed E-state index contributed by atoms with van der Waals surface area (Å²) in [5, 5.41) is 21.6. The van der Waals surface area contributed by atoms with Crippen molar-refractivity contribution < 1.29 is 24.2 Å². The van der Waals surface area contributed by atoms with Gasteiger partial charge in [0.05, 0.1) is 25.5 Å². The molecule has 4 heterocycles. The molecule has 41 heavy (non-hydrogen) atoms. The Morgan fingerprint density at radius 3 is 2.83 bits per heavy atom. The number of nitrogens with zero attached hydrogens (tertiary/aromatic N) is 4. The SMILES string of the molecule is COc1ccc2c(c1)C(=O)N(C[C@@](C)(C#Cc1cncc(-c3ccc(O)c(-c4cn[nH]c4)n3)c1)NC(=O)NC=O)C2. The number of carbonyl (C=O) groups excluding carboxylic acids is 3. The molecule has 0 saturated heterocycles. The average Bonchev–Trinajstić information content (AvgIpc) is 3.61. The van der Waals surface area contributed by atoms with E-state index in [0.717, 1.165) is 5.56 Å². The number of hydrogen-bond acceptors (Lipinski definition) is 8. The molecule has 0 fully saturated rings. The first-order chi connectivity index (χ1) is 19.8. The molecule has 4 N–H and O–H groups in total. The fourth-order valence-corrected chi connectivity index (χ4v) is 4.49. The van der Waals surface area contributed by atoms with Crippen LogP contribution in [0.3, 0.4) is 0 Å². The summed E-state index contributed by atoms with van der Waals surface area (Å²) in [6.07, 6.45) is 6.62. The number of aromatic hydroxyl groups is 1. The monoisotopic (exact) mass is 551 g/mol. The van der Waals surface area contributed by atoms with E-state index in [2.05, 4.69) is 42.6 Å². The second-order valence-electron chi connectivity index (χ2n) is 9.50. The molecule has 1 aliphatic heterocycles. The number of nitrogens with one attached hydrogen (secondary N) is 3. The number of H-pyrrole nitrogens is 1. The van der Waals surface area contributed by atoms with Crippen LogP contribution in [0.2, 0.25) is 0 Å². The largest absolute Gasteiger partial charge is 0.506 e. The van der Waals surface area contributed by atoms with Gasteiger partial charge < -0.3 is 20.1 Å². The summed E-state index contributed by atoms with van der Waals surface area (Å²) in [6.45, 7) is 2.04. The van der Waals surface area contributed by atoms with Crippen LogP contribution in [-0.2, 0) is 11.3 Å². The number of urea groups is 1. The predicted molar refractivity (Wildman–Crippen MR) is 147 cm³/mol. The van der Waals surface area contributed by atoms with Gasteiger partial charge in [-0.25, -0.2) is 9.78 Å². The molecule has 3 aromatic heterocycles. The standard InChI is InChI=1S/C29H25N7O5/c1-29(35-28(40)31-17-37,16-36-15-19-3-4-22(41-2)10-23(19)27(36)39)8-7-18-9-20(12-30-11-18)24-5-6-25(38)26(34-24)21-13-32-33-14-21/h3-6,9-14,17,38H,15-16H2,1-2H3,(H,32,33)(H2,31,35,37,40)/t29-/m1/s1. The van der Waals surface area contributed by atoms with Crippen LogP contribution in [0.25, 0.3) is 22.5 Å². The summed E-state index contributed by atoms with van der Waals surface area (Å²) in [5.74, 6) is 6.43. The Kier molecular flexibility index (Phi) is 7.34. The van der Waals surface area contributed by atoms with Crippen LogP contribution in [0.15, 0.2) is 61.2 Å². The van der Waals surface area contributed by atoms with E-state index >= 15 is 0 Å². The zero-order chi connectivity index (χ0) is 29.0. The third-order valence-corrected chi connectivity index (χ3v) is 6.44. The maximum Gasteiger partial charge on any atom is 0.322 e. The van der Waals surface area contributed by atoms with Crippen molar-refractivity contribution in [2.75, 3.05) is 13.7 Å². The number of methoxy groups -OCH3 is 1. The molecule has 0 saturated carbocycles. The van der Waals surface area contributed by atoms with E-state index in [1.54, 1.807) is 60.9 Å². The molecule has 0 aliphatic carbocycles. The number of ether oxygens (including phenoxy) is 1. The molecule has 0 spiro atoms. The fourth-order valence-electron chi connectivity index (χ4n) is 4.49. The van der Waals surface area contributed by atoms with Gasteiger partial charge in [0.15, 0.2) is 0 Å². The van der Waals surface area contributed by atoms with Gasteiger partial charge in [0.25, 0.3) is 5.91 Å². The Hall–Kier alpha value is -5.70. The highest BCUT2D eigenvalue weighted by Gasteiger charge is 2.35. The van der Waals surface area contributed by atoms with Gasteiger partial charge in [-0.05, 0) is 42.8 Å². The molecule has 4 aromatic rings. The summed E-state index contributed by atoms with van der Waals surface area (Å²) >= 11 is 0. The molecular weight excluding hydrogens is 526 g/mol. The van der Waals surface area contributed by atoms with Crippen LogP contribution in [-0.4, -0.2) is 67.7 Å². The Morgan fingerprint density at radius 2 is 2.07 bits per heavy atom. The first-order valence-electron chi connectivity index (χ1n) is 12.4. The summed E-state index contributed by atoms with van der Waals surface area (Å²) in [6, 6.07) is 9.51. The molecule has 5 rings (SSSR count). The summed E-state index contributed by atoms with van der Waals surface area (Å²) in [4.78, 5) is 46.8. The lowest BCUT2D eigenvalue weighted by Crippen LogP contribution is -2.55. The number of benzene rings is 1. The van der Waals surface area contributed by atoms with Gasteiger partial charge in [0.1, 0.15) is 22.7 Å².